The molecule has 1 unspecified atom stereocenters. The Kier molecular flexibility index (Phi) is 5.66. The van der Waals surface area contributed by atoms with Gasteiger partial charge in [0.15, 0.2) is 0 Å². The molecule has 2 amide bonds. The summed E-state index contributed by atoms with van der Waals surface area (Å²) in [6.07, 6.45) is 2.24. The van der Waals surface area contributed by atoms with Crippen LogP contribution in [0.15, 0.2) is 30.3 Å². The maximum atomic E-state index is 12.0. The van der Waals surface area contributed by atoms with Crippen molar-refractivity contribution in [3.05, 3.63) is 52.3 Å². The molecule has 2 aromatic rings. The highest BCUT2D eigenvalue weighted by Gasteiger charge is 2.16. The van der Waals surface area contributed by atoms with Gasteiger partial charge in [-0.1, -0.05) is 11.6 Å². The van der Waals surface area contributed by atoms with Gasteiger partial charge in [-0.25, -0.2) is 4.79 Å². The van der Waals surface area contributed by atoms with Crippen molar-refractivity contribution >= 4 is 17.6 Å². The van der Waals surface area contributed by atoms with Crippen LogP contribution in [0.5, 0.6) is 0 Å². The number of carbonyl (C=O) groups is 1. The molecule has 6 heteroatoms. The van der Waals surface area contributed by atoms with Crippen molar-refractivity contribution in [3.8, 4) is 5.69 Å². The Morgan fingerprint density at radius 2 is 2.04 bits per heavy atom. The maximum absolute atomic E-state index is 12.0. The van der Waals surface area contributed by atoms with Gasteiger partial charge in [0, 0.05) is 41.8 Å². The zero-order valence-electron chi connectivity index (χ0n) is 14.6. The Balaban J connectivity index is 1.60. The number of carbonyl (C=O) groups excluding carboxylic acids is 1. The lowest BCUT2D eigenvalue weighted by Crippen LogP contribution is -2.39. The van der Waals surface area contributed by atoms with Crippen LogP contribution in [0.25, 0.3) is 5.69 Å². The summed E-state index contributed by atoms with van der Waals surface area (Å²) in [7, 11) is 0. The van der Waals surface area contributed by atoms with Crippen LogP contribution in [0.4, 0.5) is 4.79 Å². The first-order valence-corrected chi connectivity index (χ1v) is 8.99. The van der Waals surface area contributed by atoms with Gasteiger partial charge < -0.3 is 19.9 Å². The summed E-state index contributed by atoms with van der Waals surface area (Å²) in [6.45, 7) is 5.97. The van der Waals surface area contributed by atoms with Crippen molar-refractivity contribution in [1.29, 1.82) is 0 Å². The van der Waals surface area contributed by atoms with Gasteiger partial charge >= 0.3 is 6.03 Å². The van der Waals surface area contributed by atoms with E-state index in [2.05, 4.69) is 35.1 Å². The Hall–Kier alpha value is -1.98. The number of nitrogens with zero attached hydrogens (tertiary/aromatic N) is 1. The van der Waals surface area contributed by atoms with E-state index >= 15 is 0 Å². The smallest absolute Gasteiger partial charge is 0.315 e. The van der Waals surface area contributed by atoms with Gasteiger partial charge in [0.2, 0.25) is 0 Å². The first kappa shape index (κ1) is 17.8. The number of hydrogen-bond acceptors (Lipinski definition) is 2. The van der Waals surface area contributed by atoms with Crippen molar-refractivity contribution in [3.63, 3.8) is 0 Å². The fourth-order valence-electron chi connectivity index (χ4n) is 3.25. The van der Waals surface area contributed by atoms with Crippen molar-refractivity contribution in [2.75, 3.05) is 13.2 Å². The molecule has 1 saturated heterocycles. The summed E-state index contributed by atoms with van der Waals surface area (Å²) >= 11 is 5.97. The van der Waals surface area contributed by atoms with Gasteiger partial charge in [-0.2, -0.15) is 0 Å². The van der Waals surface area contributed by atoms with E-state index in [-0.39, 0.29) is 12.1 Å². The Labute approximate surface area is 153 Å². The number of benzene rings is 1. The third-order valence-electron chi connectivity index (χ3n) is 4.57. The fourth-order valence-corrected chi connectivity index (χ4v) is 3.37. The number of halogens is 1. The normalized spacial score (nSPS) is 16.8. The van der Waals surface area contributed by atoms with Gasteiger partial charge in [0.05, 0.1) is 6.10 Å². The summed E-state index contributed by atoms with van der Waals surface area (Å²) in [5.74, 6) is 0. The predicted molar refractivity (Wildman–Crippen MR) is 99.5 cm³/mol. The minimum absolute atomic E-state index is 0.153. The van der Waals surface area contributed by atoms with Crippen LogP contribution in [0.3, 0.4) is 0 Å². The van der Waals surface area contributed by atoms with Crippen LogP contribution in [0.1, 0.15) is 29.8 Å². The van der Waals surface area contributed by atoms with E-state index < -0.39 is 0 Å². The molecule has 25 heavy (non-hydrogen) atoms. The molecular formula is C19H24ClN3O2. The van der Waals surface area contributed by atoms with Crippen LogP contribution in [-0.4, -0.2) is 29.9 Å². The second-order valence-corrected chi connectivity index (χ2v) is 6.84. The monoisotopic (exact) mass is 361 g/mol. The molecule has 5 nitrogen and oxygen atoms in total. The molecule has 1 fully saturated rings. The standard InChI is InChI=1S/C19H24ClN3O2/c1-13-10-15(11-21-19(24)22-12-18-4-3-9-25-18)14(2)23(13)17-7-5-16(20)6-8-17/h5-8,10,18H,3-4,9,11-12H2,1-2H3,(H2,21,22,24). The molecule has 0 spiro atoms. The lowest BCUT2D eigenvalue weighted by atomic mass is 10.2. The van der Waals surface area contributed by atoms with Crippen molar-refractivity contribution in [2.45, 2.75) is 39.3 Å². The number of aryl methyl sites for hydroxylation is 1. The predicted octanol–water partition coefficient (Wildman–Crippen LogP) is 3.73. The number of ether oxygens (including phenoxy) is 1. The van der Waals surface area contributed by atoms with E-state index in [9.17, 15) is 4.79 Å². The third-order valence-corrected chi connectivity index (χ3v) is 4.83. The van der Waals surface area contributed by atoms with Crippen LogP contribution in [-0.2, 0) is 11.3 Å². The van der Waals surface area contributed by atoms with Gasteiger partial charge in [-0.15, -0.1) is 0 Å². The molecule has 134 valence electrons. The third kappa shape index (κ3) is 4.35. The molecule has 1 atom stereocenters. The minimum atomic E-state index is -0.160. The summed E-state index contributed by atoms with van der Waals surface area (Å²) in [5, 5.41) is 6.52. The second-order valence-electron chi connectivity index (χ2n) is 6.41. The largest absolute Gasteiger partial charge is 0.376 e. The van der Waals surface area contributed by atoms with Gasteiger partial charge in [0.1, 0.15) is 0 Å². The molecule has 3 rings (SSSR count). The topological polar surface area (TPSA) is 55.3 Å². The second kappa shape index (κ2) is 7.93. The van der Waals surface area contributed by atoms with Crippen LogP contribution in [0, 0.1) is 13.8 Å². The first-order chi connectivity index (χ1) is 12.0. The molecule has 0 radical (unpaired) electrons. The zero-order valence-corrected chi connectivity index (χ0v) is 15.4. The molecule has 2 N–H and O–H groups in total. The Morgan fingerprint density at radius 1 is 1.28 bits per heavy atom. The van der Waals surface area contributed by atoms with Gasteiger partial charge in [0.25, 0.3) is 0 Å². The number of amides is 2. The van der Waals surface area contributed by atoms with Gasteiger partial charge in [-0.3, -0.25) is 0 Å². The highest BCUT2D eigenvalue weighted by Crippen LogP contribution is 2.22. The number of rotatable bonds is 5. The summed E-state index contributed by atoms with van der Waals surface area (Å²) in [4.78, 5) is 12.0. The maximum Gasteiger partial charge on any atom is 0.315 e. The lowest BCUT2D eigenvalue weighted by Gasteiger charge is -2.12. The van der Waals surface area contributed by atoms with E-state index in [0.29, 0.717) is 13.1 Å². The molecule has 0 aliphatic carbocycles. The summed E-state index contributed by atoms with van der Waals surface area (Å²) < 4.78 is 7.67. The van der Waals surface area contributed by atoms with Crippen LogP contribution >= 0.6 is 11.6 Å². The first-order valence-electron chi connectivity index (χ1n) is 8.61. The van der Waals surface area contributed by atoms with Gasteiger partial charge in [-0.05, 0) is 62.6 Å². The minimum Gasteiger partial charge on any atom is -0.376 e. The quantitative estimate of drug-likeness (QED) is 0.852. The average Bonchev–Trinajstić information content (AvgIpc) is 3.20. The number of aromatic nitrogens is 1. The molecule has 0 saturated carbocycles. The summed E-state index contributed by atoms with van der Waals surface area (Å²) in [6, 6.07) is 9.69. The van der Waals surface area contributed by atoms with E-state index in [1.807, 2.05) is 24.3 Å². The lowest BCUT2D eigenvalue weighted by molar-refractivity contribution is 0.111. The van der Waals surface area contributed by atoms with E-state index in [0.717, 1.165) is 47.1 Å². The van der Waals surface area contributed by atoms with Crippen molar-refractivity contribution in [2.24, 2.45) is 0 Å². The zero-order chi connectivity index (χ0) is 17.8. The van der Waals surface area contributed by atoms with E-state index in [4.69, 9.17) is 16.3 Å². The summed E-state index contributed by atoms with van der Waals surface area (Å²) in [5.41, 5.74) is 4.39. The molecule has 0 bridgehead atoms. The Morgan fingerprint density at radius 3 is 2.72 bits per heavy atom. The molecule has 1 aromatic heterocycles. The highest BCUT2D eigenvalue weighted by atomic mass is 35.5. The van der Waals surface area contributed by atoms with Crippen LogP contribution in [0.2, 0.25) is 5.02 Å². The molecule has 1 aliphatic rings. The number of nitrogens with one attached hydrogen (secondary N) is 2. The highest BCUT2D eigenvalue weighted by molar-refractivity contribution is 6.30. The Bertz CT molecular complexity index is 734. The molecule has 2 heterocycles. The van der Waals surface area contributed by atoms with Crippen LogP contribution < -0.4 is 10.6 Å². The average molecular weight is 362 g/mol. The number of urea groups is 1. The van der Waals surface area contributed by atoms with E-state index in [1.165, 1.54) is 0 Å². The number of hydrogen-bond donors (Lipinski definition) is 2. The molecular weight excluding hydrogens is 338 g/mol. The van der Waals surface area contributed by atoms with E-state index in [1.54, 1.807) is 0 Å². The SMILES string of the molecule is Cc1cc(CNC(=O)NCC2CCCO2)c(C)n1-c1ccc(Cl)cc1. The molecule has 1 aromatic carbocycles. The van der Waals surface area contributed by atoms with Crippen molar-refractivity contribution in [1.82, 2.24) is 15.2 Å². The van der Waals surface area contributed by atoms with Crippen molar-refractivity contribution < 1.29 is 9.53 Å². The fraction of sp³-hybridized carbons (Fsp3) is 0.421. The molecule has 1 aliphatic heterocycles.